The molecular formula is C14H9ClF3N3. The Bertz CT molecular complexity index is 824. The van der Waals surface area contributed by atoms with E-state index in [1.165, 1.54) is 6.07 Å². The van der Waals surface area contributed by atoms with Crippen molar-refractivity contribution in [2.75, 3.05) is 5.73 Å². The molecule has 0 amide bonds. The summed E-state index contributed by atoms with van der Waals surface area (Å²) >= 11 is 5.93. The van der Waals surface area contributed by atoms with Crippen molar-refractivity contribution in [2.45, 2.75) is 6.18 Å². The van der Waals surface area contributed by atoms with Crippen molar-refractivity contribution in [2.24, 2.45) is 0 Å². The van der Waals surface area contributed by atoms with E-state index >= 15 is 0 Å². The molecule has 2 aromatic carbocycles. The average Bonchev–Trinajstić information content (AvgIpc) is 2.83. The third-order valence-corrected chi connectivity index (χ3v) is 3.41. The van der Waals surface area contributed by atoms with Gasteiger partial charge in [0.05, 0.1) is 27.3 Å². The van der Waals surface area contributed by atoms with Crippen molar-refractivity contribution in [1.29, 1.82) is 0 Å². The molecule has 1 heterocycles. The maximum absolute atomic E-state index is 12.7. The average molecular weight is 312 g/mol. The molecule has 0 unspecified atom stereocenters. The summed E-state index contributed by atoms with van der Waals surface area (Å²) < 4.78 is 38.0. The van der Waals surface area contributed by atoms with Gasteiger partial charge in [-0.2, -0.15) is 13.2 Å². The molecular weight excluding hydrogens is 303 g/mol. The Hall–Kier alpha value is -2.21. The number of alkyl halides is 3. The highest BCUT2D eigenvalue weighted by Gasteiger charge is 2.30. The first-order chi connectivity index (χ1) is 9.84. The van der Waals surface area contributed by atoms with Crippen molar-refractivity contribution in [3.05, 3.63) is 47.0 Å². The van der Waals surface area contributed by atoms with Gasteiger partial charge in [0, 0.05) is 5.56 Å². The van der Waals surface area contributed by atoms with Crippen molar-refractivity contribution in [3.8, 4) is 11.4 Å². The lowest BCUT2D eigenvalue weighted by Gasteiger charge is -2.05. The number of aromatic amines is 1. The second kappa shape index (κ2) is 4.66. The highest BCUT2D eigenvalue weighted by Crippen LogP contribution is 2.32. The van der Waals surface area contributed by atoms with Gasteiger partial charge in [0.2, 0.25) is 0 Å². The Kier molecular flexibility index (Phi) is 3.06. The summed E-state index contributed by atoms with van der Waals surface area (Å²) in [5.74, 6) is 0.436. The number of anilines is 1. The molecule has 3 nitrogen and oxygen atoms in total. The molecule has 0 bridgehead atoms. The molecule has 108 valence electrons. The van der Waals surface area contributed by atoms with Crippen LogP contribution in [0.25, 0.3) is 22.4 Å². The van der Waals surface area contributed by atoms with Gasteiger partial charge in [0.25, 0.3) is 0 Å². The van der Waals surface area contributed by atoms with Gasteiger partial charge in [-0.15, -0.1) is 0 Å². The van der Waals surface area contributed by atoms with Crippen LogP contribution >= 0.6 is 11.6 Å². The third-order valence-electron chi connectivity index (χ3n) is 3.08. The number of hydrogen-bond donors (Lipinski definition) is 2. The largest absolute Gasteiger partial charge is 0.416 e. The van der Waals surface area contributed by atoms with Gasteiger partial charge >= 0.3 is 6.18 Å². The molecule has 3 aromatic rings. The number of nitrogens with two attached hydrogens (primary N) is 1. The standard InChI is InChI=1S/C14H9ClF3N3/c15-9-5-7(1-3-10(9)19)13-20-11-4-2-8(14(16,17)18)6-12(11)21-13/h1-6H,19H2,(H,20,21). The lowest BCUT2D eigenvalue weighted by molar-refractivity contribution is -0.137. The molecule has 0 atom stereocenters. The Labute approximate surface area is 122 Å². The Morgan fingerprint density at radius 2 is 1.86 bits per heavy atom. The van der Waals surface area contributed by atoms with E-state index in [2.05, 4.69) is 9.97 Å². The van der Waals surface area contributed by atoms with E-state index in [-0.39, 0.29) is 0 Å². The van der Waals surface area contributed by atoms with Crippen molar-refractivity contribution in [1.82, 2.24) is 9.97 Å². The lowest BCUT2D eigenvalue weighted by atomic mass is 10.2. The van der Waals surface area contributed by atoms with E-state index in [0.717, 1.165) is 12.1 Å². The van der Waals surface area contributed by atoms with Crippen LogP contribution in [-0.2, 0) is 6.18 Å². The first-order valence-electron chi connectivity index (χ1n) is 5.97. The van der Waals surface area contributed by atoms with Crippen LogP contribution in [0.1, 0.15) is 5.56 Å². The monoisotopic (exact) mass is 311 g/mol. The van der Waals surface area contributed by atoms with Crippen LogP contribution in [0.3, 0.4) is 0 Å². The summed E-state index contributed by atoms with van der Waals surface area (Å²) in [4.78, 5) is 7.12. The first kappa shape index (κ1) is 13.8. The van der Waals surface area contributed by atoms with Crippen LogP contribution in [0.2, 0.25) is 5.02 Å². The summed E-state index contributed by atoms with van der Waals surface area (Å²) in [6, 6.07) is 8.29. The number of rotatable bonds is 1. The molecule has 0 saturated heterocycles. The fraction of sp³-hybridized carbons (Fsp3) is 0.0714. The number of halogens is 4. The Morgan fingerprint density at radius 1 is 1.10 bits per heavy atom. The summed E-state index contributed by atoms with van der Waals surface area (Å²) in [6.45, 7) is 0. The second-order valence-corrected chi connectivity index (χ2v) is 4.96. The molecule has 0 radical (unpaired) electrons. The highest BCUT2D eigenvalue weighted by molar-refractivity contribution is 6.33. The van der Waals surface area contributed by atoms with Gasteiger partial charge < -0.3 is 10.7 Å². The summed E-state index contributed by atoms with van der Waals surface area (Å²) in [5, 5.41) is 0.365. The van der Waals surface area contributed by atoms with Gasteiger partial charge in [-0.3, -0.25) is 0 Å². The van der Waals surface area contributed by atoms with E-state index in [1.807, 2.05) is 0 Å². The van der Waals surface area contributed by atoms with E-state index in [1.54, 1.807) is 18.2 Å². The molecule has 0 spiro atoms. The number of nitrogen functional groups attached to an aromatic ring is 1. The van der Waals surface area contributed by atoms with Crippen LogP contribution in [-0.4, -0.2) is 9.97 Å². The van der Waals surface area contributed by atoms with Crippen LogP contribution in [0.15, 0.2) is 36.4 Å². The molecule has 0 aliphatic heterocycles. The maximum Gasteiger partial charge on any atom is 0.416 e. The van der Waals surface area contributed by atoms with E-state index < -0.39 is 11.7 Å². The smallest absolute Gasteiger partial charge is 0.398 e. The number of fused-ring (bicyclic) bond motifs is 1. The van der Waals surface area contributed by atoms with Gasteiger partial charge in [-0.05, 0) is 36.4 Å². The van der Waals surface area contributed by atoms with Crippen LogP contribution in [0, 0.1) is 0 Å². The summed E-state index contributed by atoms with van der Waals surface area (Å²) in [6.07, 6.45) is -4.38. The van der Waals surface area contributed by atoms with Crippen LogP contribution < -0.4 is 5.73 Å². The first-order valence-corrected chi connectivity index (χ1v) is 6.35. The number of nitrogens with zero attached hydrogens (tertiary/aromatic N) is 1. The quantitative estimate of drug-likeness (QED) is 0.651. The zero-order valence-corrected chi connectivity index (χ0v) is 11.3. The number of nitrogens with one attached hydrogen (secondary N) is 1. The number of aromatic nitrogens is 2. The van der Waals surface area contributed by atoms with E-state index in [9.17, 15) is 13.2 Å². The van der Waals surface area contributed by atoms with Crippen LogP contribution in [0.5, 0.6) is 0 Å². The van der Waals surface area contributed by atoms with Crippen molar-refractivity contribution >= 4 is 28.3 Å². The number of hydrogen-bond acceptors (Lipinski definition) is 2. The van der Waals surface area contributed by atoms with Crippen molar-refractivity contribution < 1.29 is 13.2 Å². The minimum atomic E-state index is -4.38. The Morgan fingerprint density at radius 3 is 2.52 bits per heavy atom. The lowest BCUT2D eigenvalue weighted by Crippen LogP contribution is -2.04. The maximum atomic E-state index is 12.7. The fourth-order valence-electron chi connectivity index (χ4n) is 2.00. The number of imidazole rings is 1. The molecule has 21 heavy (non-hydrogen) atoms. The highest BCUT2D eigenvalue weighted by atomic mass is 35.5. The van der Waals surface area contributed by atoms with E-state index in [4.69, 9.17) is 17.3 Å². The predicted molar refractivity (Wildman–Crippen MR) is 76.0 cm³/mol. The summed E-state index contributed by atoms with van der Waals surface area (Å²) in [5.41, 5.74) is 6.74. The van der Waals surface area contributed by atoms with Crippen molar-refractivity contribution in [3.63, 3.8) is 0 Å². The predicted octanol–water partition coefficient (Wildman–Crippen LogP) is 4.48. The summed E-state index contributed by atoms with van der Waals surface area (Å²) in [7, 11) is 0. The molecule has 7 heteroatoms. The second-order valence-electron chi connectivity index (χ2n) is 4.55. The normalized spacial score (nSPS) is 12.0. The molecule has 0 aliphatic rings. The van der Waals surface area contributed by atoms with Gasteiger partial charge in [0.1, 0.15) is 5.82 Å². The van der Waals surface area contributed by atoms with Crippen LogP contribution in [0.4, 0.5) is 18.9 Å². The fourth-order valence-corrected chi connectivity index (χ4v) is 2.18. The molecule has 3 rings (SSSR count). The van der Waals surface area contributed by atoms with E-state index in [0.29, 0.717) is 33.1 Å². The number of H-pyrrole nitrogens is 1. The molecule has 1 aromatic heterocycles. The third kappa shape index (κ3) is 2.54. The SMILES string of the molecule is Nc1ccc(-c2nc3ccc(C(F)(F)F)cc3[nH]2)cc1Cl. The Balaban J connectivity index is 2.10. The van der Waals surface area contributed by atoms with Gasteiger partial charge in [-0.25, -0.2) is 4.98 Å². The topological polar surface area (TPSA) is 54.7 Å². The zero-order valence-electron chi connectivity index (χ0n) is 10.5. The van der Waals surface area contributed by atoms with Gasteiger partial charge in [0.15, 0.2) is 0 Å². The van der Waals surface area contributed by atoms with Gasteiger partial charge in [-0.1, -0.05) is 11.6 Å². The molecule has 0 aliphatic carbocycles. The molecule has 0 saturated carbocycles. The number of benzene rings is 2. The molecule has 3 N–H and O–H groups in total. The minimum absolute atomic E-state index is 0.313. The minimum Gasteiger partial charge on any atom is -0.398 e. The molecule has 0 fully saturated rings. The zero-order chi connectivity index (χ0) is 15.2.